The van der Waals surface area contributed by atoms with E-state index in [0.29, 0.717) is 5.01 Å². The Morgan fingerprint density at radius 1 is 1.27 bits per heavy atom. The molecular formula is C10H11N3O2. The molecule has 0 spiro atoms. The zero-order valence-corrected chi connectivity index (χ0v) is 8.01. The second-order valence-electron chi connectivity index (χ2n) is 3.38. The summed E-state index contributed by atoms with van der Waals surface area (Å²) in [4.78, 5) is 22.6. The fraction of sp³-hybridized carbons (Fsp3) is 0.200. The number of hydrogen-bond acceptors (Lipinski definition) is 3. The summed E-state index contributed by atoms with van der Waals surface area (Å²) in [5, 5.41) is 3.26. The number of rotatable bonds is 1. The Morgan fingerprint density at radius 2 is 1.93 bits per heavy atom. The molecule has 1 atom stereocenters. The molecule has 1 unspecified atom stereocenters. The monoisotopic (exact) mass is 205 g/mol. The third-order valence-corrected chi connectivity index (χ3v) is 2.37. The van der Waals surface area contributed by atoms with Crippen molar-refractivity contribution in [3.63, 3.8) is 0 Å². The third-order valence-electron chi connectivity index (χ3n) is 2.37. The van der Waals surface area contributed by atoms with Gasteiger partial charge in [-0.3, -0.25) is 4.79 Å². The van der Waals surface area contributed by atoms with E-state index in [1.165, 1.54) is 0 Å². The number of benzene rings is 1. The van der Waals surface area contributed by atoms with Crippen LogP contribution in [0.4, 0.5) is 4.79 Å². The molecule has 5 heteroatoms. The number of nitrogens with two attached hydrogens (primary N) is 1. The van der Waals surface area contributed by atoms with Crippen molar-refractivity contribution in [2.75, 3.05) is 0 Å². The topological polar surface area (TPSA) is 75.4 Å². The van der Waals surface area contributed by atoms with Gasteiger partial charge in [0.25, 0.3) is 0 Å². The van der Waals surface area contributed by atoms with Crippen molar-refractivity contribution in [1.82, 2.24) is 10.3 Å². The molecule has 0 aliphatic carbocycles. The van der Waals surface area contributed by atoms with Crippen LogP contribution in [-0.4, -0.2) is 16.9 Å². The van der Waals surface area contributed by atoms with E-state index in [9.17, 15) is 9.59 Å². The van der Waals surface area contributed by atoms with Gasteiger partial charge in [-0.2, -0.15) is 5.01 Å². The zero-order valence-electron chi connectivity index (χ0n) is 8.01. The highest BCUT2D eigenvalue weighted by Gasteiger charge is 2.30. The Labute approximate surface area is 86.8 Å². The van der Waals surface area contributed by atoms with Crippen LogP contribution in [0.15, 0.2) is 30.3 Å². The van der Waals surface area contributed by atoms with Crippen LogP contribution in [0.25, 0.3) is 0 Å². The van der Waals surface area contributed by atoms with Crippen LogP contribution in [0.3, 0.4) is 0 Å². The van der Waals surface area contributed by atoms with Gasteiger partial charge in [0.2, 0.25) is 5.91 Å². The lowest BCUT2D eigenvalue weighted by atomic mass is 10.0. The lowest BCUT2D eigenvalue weighted by molar-refractivity contribution is -0.130. The van der Waals surface area contributed by atoms with Crippen molar-refractivity contribution >= 4 is 11.9 Å². The fourth-order valence-electron chi connectivity index (χ4n) is 1.54. The summed E-state index contributed by atoms with van der Waals surface area (Å²) in [6.07, 6.45) is 0.201. The summed E-state index contributed by atoms with van der Waals surface area (Å²) in [7, 11) is 0. The molecule has 15 heavy (non-hydrogen) atoms. The van der Waals surface area contributed by atoms with E-state index in [1.54, 1.807) is 0 Å². The summed E-state index contributed by atoms with van der Waals surface area (Å²) < 4.78 is 0. The average molecular weight is 205 g/mol. The number of nitrogens with one attached hydrogen (secondary N) is 1. The van der Waals surface area contributed by atoms with E-state index >= 15 is 0 Å². The molecule has 0 radical (unpaired) electrons. The number of hydrogen-bond donors (Lipinski definition) is 2. The molecule has 0 aromatic heterocycles. The first kappa shape index (κ1) is 9.67. The molecule has 0 bridgehead atoms. The number of urea groups is 1. The minimum Gasteiger partial charge on any atom is -0.329 e. The van der Waals surface area contributed by atoms with Crippen molar-refractivity contribution in [2.45, 2.75) is 12.5 Å². The largest absolute Gasteiger partial charge is 0.339 e. The van der Waals surface area contributed by atoms with E-state index in [1.807, 2.05) is 30.3 Å². The molecule has 1 heterocycles. The maximum atomic E-state index is 11.3. The fourth-order valence-corrected chi connectivity index (χ4v) is 1.54. The SMILES string of the molecule is NN1C(=O)CC(c2ccccc2)NC1=O. The molecule has 1 aromatic rings. The molecule has 1 saturated heterocycles. The van der Waals surface area contributed by atoms with Crippen molar-refractivity contribution < 1.29 is 9.59 Å². The maximum Gasteiger partial charge on any atom is 0.339 e. The Kier molecular flexibility index (Phi) is 2.39. The van der Waals surface area contributed by atoms with E-state index in [-0.39, 0.29) is 18.4 Å². The summed E-state index contributed by atoms with van der Waals surface area (Å²) >= 11 is 0. The summed E-state index contributed by atoms with van der Waals surface area (Å²) in [6.45, 7) is 0. The average Bonchev–Trinajstić information content (AvgIpc) is 2.26. The Balaban J connectivity index is 2.20. The minimum absolute atomic E-state index is 0.201. The van der Waals surface area contributed by atoms with Crippen LogP contribution >= 0.6 is 0 Å². The lowest BCUT2D eigenvalue weighted by Gasteiger charge is -2.28. The van der Waals surface area contributed by atoms with Crippen molar-refractivity contribution in [1.29, 1.82) is 0 Å². The summed E-state index contributed by atoms with van der Waals surface area (Å²) in [5.74, 6) is 4.87. The molecule has 0 saturated carbocycles. The van der Waals surface area contributed by atoms with Crippen LogP contribution in [0.5, 0.6) is 0 Å². The van der Waals surface area contributed by atoms with Gasteiger partial charge in [0.05, 0.1) is 12.5 Å². The quantitative estimate of drug-likeness (QED) is 0.519. The molecule has 78 valence electrons. The molecule has 1 aliphatic heterocycles. The number of amides is 3. The second-order valence-corrected chi connectivity index (χ2v) is 3.38. The smallest absolute Gasteiger partial charge is 0.329 e. The molecule has 3 N–H and O–H groups in total. The molecule has 1 fully saturated rings. The molecule has 3 amide bonds. The van der Waals surface area contributed by atoms with Gasteiger partial charge in [0, 0.05) is 0 Å². The van der Waals surface area contributed by atoms with Crippen LogP contribution in [0.1, 0.15) is 18.0 Å². The van der Waals surface area contributed by atoms with Crippen molar-refractivity contribution in [2.24, 2.45) is 5.84 Å². The highest BCUT2D eigenvalue weighted by atomic mass is 16.2. The first-order valence-corrected chi connectivity index (χ1v) is 4.61. The first-order chi connectivity index (χ1) is 7.18. The number of carbonyl (C=O) groups excluding carboxylic acids is 2. The van der Waals surface area contributed by atoms with E-state index < -0.39 is 6.03 Å². The maximum absolute atomic E-state index is 11.3. The predicted octanol–water partition coefficient (Wildman–Crippen LogP) is 0.543. The van der Waals surface area contributed by atoms with Gasteiger partial charge in [-0.25, -0.2) is 10.6 Å². The van der Waals surface area contributed by atoms with E-state index in [4.69, 9.17) is 5.84 Å². The van der Waals surface area contributed by atoms with Gasteiger partial charge in [0.15, 0.2) is 0 Å². The standard InChI is InChI=1S/C10H11N3O2/c11-13-9(14)6-8(12-10(13)15)7-4-2-1-3-5-7/h1-5,8H,6,11H2,(H,12,15). The number of hydrazine groups is 1. The van der Waals surface area contributed by atoms with Gasteiger partial charge in [-0.1, -0.05) is 30.3 Å². The number of imide groups is 1. The Hall–Kier alpha value is -1.88. The summed E-state index contributed by atoms with van der Waals surface area (Å²) in [6, 6.07) is 8.51. The van der Waals surface area contributed by atoms with Crippen molar-refractivity contribution in [3.05, 3.63) is 35.9 Å². The van der Waals surface area contributed by atoms with Crippen LogP contribution in [-0.2, 0) is 4.79 Å². The normalized spacial score (nSPS) is 21.4. The van der Waals surface area contributed by atoms with Gasteiger partial charge >= 0.3 is 6.03 Å². The first-order valence-electron chi connectivity index (χ1n) is 4.61. The highest BCUT2D eigenvalue weighted by molar-refractivity contribution is 5.96. The van der Waals surface area contributed by atoms with Crippen LogP contribution in [0, 0.1) is 0 Å². The number of carbonyl (C=O) groups is 2. The highest BCUT2D eigenvalue weighted by Crippen LogP contribution is 2.20. The molecule has 1 aliphatic rings. The molecule has 5 nitrogen and oxygen atoms in total. The van der Waals surface area contributed by atoms with E-state index in [0.717, 1.165) is 5.56 Å². The van der Waals surface area contributed by atoms with Gasteiger partial charge in [0.1, 0.15) is 0 Å². The Bertz CT molecular complexity index is 373. The van der Waals surface area contributed by atoms with Crippen LogP contribution < -0.4 is 11.2 Å². The molecular weight excluding hydrogens is 194 g/mol. The van der Waals surface area contributed by atoms with Crippen molar-refractivity contribution in [3.8, 4) is 0 Å². The third kappa shape index (κ3) is 1.82. The van der Waals surface area contributed by atoms with E-state index in [2.05, 4.69) is 5.32 Å². The number of nitrogens with zero attached hydrogens (tertiary/aromatic N) is 1. The zero-order chi connectivity index (χ0) is 10.8. The van der Waals surface area contributed by atoms with Gasteiger partial charge < -0.3 is 5.32 Å². The van der Waals surface area contributed by atoms with Crippen LogP contribution in [0.2, 0.25) is 0 Å². The minimum atomic E-state index is -0.555. The second kappa shape index (κ2) is 3.70. The summed E-state index contributed by atoms with van der Waals surface area (Å²) in [5.41, 5.74) is 0.910. The lowest BCUT2D eigenvalue weighted by Crippen LogP contribution is -2.54. The Morgan fingerprint density at radius 3 is 2.53 bits per heavy atom. The predicted molar refractivity (Wildman–Crippen MR) is 53.4 cm³/mol. The molecule has 2 rings (SSSR count). The van der Waals surface area contributed by atoms with Gasteiger partial charge in [-0.05, 0) is 5.56 Å². The van der Waals surface area contributed by atoms with Gasteiger partial charge in [-0.15, -0.1) is 0 Å². The molecule has 1 aromatic carbocycles.